The minimum absolute atomic E-state index is 0.0636. The minimum atomic E-state index is -0.934. The number of carbonyl (C=O) groups excluding carboxylic acids is 2. The normalized spacial score (nSPS) is 27.7. The summed E-state index contributed by atoms with van der Waals surface area (Å²) >= 11 is 0. The Balaban J connectivity index is 1.86. The van der Waals surface area contributed by atoms with Crippen molar-refractivity contribution in [2.75, 3.05) is 6.54 Å². The molecule has 3 rings (SSSR count). The number of carbonyl (C=O) groups is 3. The Labute approximate surface area is 122 Å². The van der Waals surface area contributed by atoms with Gasteiger partial charge in [-0.25, -0.2) is 4.79 Å². The number of hydrogen-bond donors (Lipinski definition) is 2. The van der Waals surface area contributed by atoms with Gasteiger partial charge in [-0.05, 0) is 37.7 Å². The lowest BCUT2D eigenvalue weighted by Gasteiger charge is -2.23. The van der Waals surface area contributed by atoms with Gasteiger partial charge in [0.15, 0.2) is 5.78 Å². The van der Waals surface area contributed by atoms with E-state index in [4.69, 9.17) is 0 Å². The molecule has 1 aliphatic carbocycles. The van der Waals surface area contributed by atoms with Crippen LogP contribution in [0.2, 0.25) is 0 Å². The van der Waals surface area contributed by atoms with Crippen LogP contribution in [0.1, 0.15) is 47.0 Å². The zero-order valence-electron chi connectivity index (χ0n) is 11.8. The van der Waals surface area contributed by atoms with Crippen molar-refractivity contribution in [2.45, 2.75) is 32.2 Å². The number of rotatable bonds is 3. The molecule has 1 aromatic rings. The number of carboxylic acid groups (broad SMARTS) is 1. The lowest BCUT2D eigenvalue weighted by Crippen LogP contribution is -2.43. The van der Waals surface area contributed by atoms with Crippen LogP contribution in [0, 0.1) is 11.8 Å². The number of aliphatic carboxylic acids is 1. The van der Waals surface area contributed by atoms with Crippen LogP contribution in [0.25, 0.3) is 0 Å². The smallest absolute Gasteiger partial charge is 0.326 e. The molecule has 6 heteroatoms. The molecule has 1 amide bonds. The van der Waals surface area contributed by atoms with E-state index in [1.807, 2.05) is 0 Å². The van der Waals surface area contributed by atoms with Gasteiger partial charge in [-0.15, -0.1) is 0 Å². The Morgan fingerprint density at radius 2 is 2.10 bits per heavy atom. The van der Waals surface area contributed by atoms with E-state index in [2.05, 4.69) is 4.98 Å². The van der Waals surface area contributed by atoms with E-state index in [0.717, 1.165) is 19.3 Å². The van der Waals surface area contributed by atoms with Crippen molar-refractivity contribution in [3.05, 3.63) is 23.5 Å². The quantitative estimate of drug-likeness (QED) is 0.826. The first kappa shape index (κ1) is 13.9. The number of amides is 1. The largest absolute Gasteiger partial charge is 0.480 e. The van der Waals surface area contributed by atoms with Crippen LogP contribution < -0.4 is 0 Å². The summed E-state index contributed by atoms with van der Waals surface area (Å²) in [7, 11) is 0. The fourth-order valence-electron chi connectivity index (χ4n) is 3.71. The fraction of sp³-hybridized carbons (Fsp3) is 0.533. The fourth-order valence-corrected chi connectivity index (χ4v) is 3.71. The highest BCUT2D eigenvalue weighted by molar-refractivity contribution is 6.00. The maximum absolute atomic E-state index is 12.5. The van der Waals surface area contributed by atoms with Crippen molar-refractivity contribution in [1.82, 2.24) is 9.88 Å². The third-order valence-electron chi connectivity index (χ3n) is 4.72. The predicted octanol–water partition coefficient (Wildman–Crippen LogP) is 1.54. The molecular formula is C15H18N2O4. The van der Waals surface area contributed by atoms with Gasteiger partial charge < -0.3 is 15.0 Å². The average Bonchev–Trinajstić information content (AvgIpc) is 3.11. The van der Waals surface area contributed by atoms with Gasteiger partial charge in [-0.3, -0.25) is 9.59 Å². The van der Waals surface area contributed by atoms with Crippen LogP contribution in [-0.2, 0) is 4.79 Å². The van der Waals surface area contributed by atoms with Gasteiger partial charge in [-0.2, -0.15) is 0 Å². The Bertz CT molecular complexity index is 607. The molecule has 6 nitrogen and oxygen atoms in total. The summed E-state index contributed by atoms with van der Waals surface area (Å²) < 4.78 is 0. The Kier molecular flexibility index (Phi) is 3.31. The monoisotopic (exact) mass is 290 g/mol. The molecule has 0 radical (unpaired) electrons. The van der Waals surface area contributed by atoms with Gasteiger partial charge in [0.2, 0.25) is 0 Å². The second-order valence-corrected chi connectivity index (χ2v) is 5.95. The number of aromatic nitrogens is 1. The molecule has 112 valence electrons. The number of fused-ring (bicyclic) bond motifs is 1. The van der Waals surface area contributed by atoms with Crippen LogP contribution in [0.4, 0.5) is 0 Å². The second-order valence-electron chi connectivity index (χ2n) is 5.95. The van der Waals surface area contributed by atoms with Crippen molar-refractivity contribution in [3.63, 3.8) is 0 Å². The van der Waals surface area contributed by atoms with Crippen LogP contribution in [0.5, 0.6) is 0 Å². The average molecular weight is 290 g/mol. The summed E-state index contributed by atoms with van der Waals surface area (Å²) in [6.07, 6.45) is 4.39. The van der Waals surface area contributed by atoms with Crippen molar-refractivity contribution in [3.8, 4) is 0 Å². The van der Waals surface area contributed by atoms with E-state index in [1.54, 1.807) is 0 Å². The Morgan fingerprint density at radius 3 is 2.71 bits per heavy atom. The lowest BCUT2D eigenvalue weighted by molar-refractivity contribution is -0.142. The summed E-state index contributed by atoms with van der Waals surface area (Å²) in [5.41, 5.74) is 0.719. The van der Waals surface area contributed by atoms with Gasteiger partial charge in [-0.1, -0.05) is 6.42 Å². The van der Waals surface area contributed by atoms with Crippen molar-refractivity contribution >= 4 is 17.7 Å². The molecule has 0 spiro atoms. The molecule has 2 aliphatic rings. The lowest BCUT2D eigenvalue weighted by atomic mass is 9.94. The third-order valence-corrected chi connectivity index (χ3v) is 4.72. The molecule has 3 atom stereocenters. The molecule has 2 fully saturated rings. The molecule has 3 unspecified atom stereocenters. The summed E-state index contributed by atoms with van der Waals surface area (Å²) in [5.74, 6) is -1.04. The van der Waals surface area contributed by atoms with Gasteiger partial charge >= 0.3 is 5.97 Å². The number of aromatic amines is 1. The Morgan fingerprint density at radius 1 is 1.33 bits per heavy atom. The standard InChI is InChI=1S/C15H18N2O4/c1-8(18)10-5-12(16-6-10)14(19)17-7-9-3-2-4-11(9)13(17)15(20)21/h5-6,9,11,13,16H,2-4,7H2,1H3,(H,20,21). The molecule has 1 aromatic heterocycles. The molecule has 1 saturated heterocycles. The highest BCUT2D eigenvalue weighted by Gasteiger charge is 2.49. The summed E-state index contributed by atoms with van der Waals surface area (Å²) in [6, 6.07) is 0.756. The first-order chi connectivity index (χ1) is 9.99. The molecule has 2 heterocycles. The second kappa shape index (κ2) is 5.02. The summed E-state index contributed by atoms with van der Waals surface area (Å²) in [4.78, 5) is 39.6. The maximum Gasteiger partial charge on any atom is 0.326 e. The van der Waals surface area contributed by atoms with E-state index < -0.39 is 12.0 Å². The van der Waals surface area contributed by atoms with Gasteiger partial charge in [0.05, 0.1) is 0 Å². The number of likely N-dealkylation sites (tertiary alicyclic amines) is 1. The summed E-state index contributed by atoms with van der Waals surface area (Å²) in [5, 5.41) is 9.46. The number of ketones is 1. The molecule has 1 aliphatic heterocycles. The number of carboxylic acids is 1. The number of nitrogens with zero attached hydrogens (tertiary/aromatic N) is 1. The van der Waals surface area contributed by atoms with Gasteiger partial charge in [0.25, 0.3) is 5.91 Å². The van der Waals surface area contributed by atoms with Crippen molar-refractivity contribution < 1.29 is 19.5 Å². The minimum Gasteiger partial charge on any atom is -0.480 e. The van der Waals surface area contributed by atoms with Gasteiger partial charge in [0, 0.05) is 18.3 Å². The topological polar surface area (TPSA) is 90.5 Å². The van der Waals surface area contributed by atoms with Crippen LogP contribution >= 0.6 is 0 Å². The molecule has 0 aromatic carbocycles. The highest BCUT2D eigenvalue weighted by Crippen LogP contribution is 2.42. The maximum atomic E-state index is 12.5. The first-order valence-corrected chi connectivity index (χ1v) is 7.22. The molecule has 1 saturated carbocycles. The molecule has 2 N–H and O–H groups in total. The molecule has 0 bridgehead atoms. The Hall–Kier alpha value is -2.11. The highest BCUT2D eigenvalue weighted by atomic mass is 16.4. The van der Waals surface area contributed by atoms with Crippen LogP contribution in [0.15, 0.2) is 12.3 Å². The molecular weight excluding hydrogens is 272 g/mol. The first-order valence-electron chi connectivity index (χ1n) is 7.22. The molecule has 21 heavy (non-hydrogen) atoms. The van der Waals surface area contributed by atoms with E-state index in [-0.39, 0.29) is 29.2 Å². The van der Waals surface area contributed by atoms with Gasteiger partial charge in [0.1, 0.15) is 11.7 Å². The number of H-pyrrole nitrogens is 1. The van der Waals surface area contributed by atoms with Crippen LogP contribution in [0.3, 0.4) is 0 Å². The SMILES string of the molecule is CC(=O)c1c[nH]c(C(=O)N2CC3CCCC3C2C(=O)O)c1. The zero-order chi connectivity index (χ0) is 15.1. The van der Waals surface area contributed by atoms with Crippen LogP contribution in [-0.4, -0.2) is 45.2 Å². The predicted molar refractivity (Wildman–Crippen MR) is 74.1 cm³/mol. The van der Waals surface area contributed by atoms with E-state index >= 15 is 0 Å². The van der Waals surface area contributed by atoms with E-state index in [1.165, 1.54) is 24.1 Å². The zero-order valence-corrected chi connectivity index (χ0v) is 11.8. The van der Waals surface area contributed by atoms with E-state index in [9.17, 15) is 19.5 Å². The van der Waals surface area contributed by atoms with Crippen molar-refractivity contribution in [2.24, 2.45) is 11.8 Å². The number of nitrogens with one attached hydrogen (secondary N) is 1. The van der Waals surface area contributed by atoms with Crippen molar-refractivity contribution in [1.29, 1.82) is 0 Å². The summed E-state index contributed by atoms with van der Waals surface area (Å²) in [6.45, 7) is 1.92. The van der Waals surface area contributed by atoms with E-state index in [0.29, 0.717) is 12.1 Å². The number of hydrogen-bond acceptors (Lipinski definition) is 3. The number of Topliss-reactive ketones (excluding diaryl/α,β-unsaturated/α-hetero) is 1. The third kappa shape index (κ3) is 2.24.